The van der Waals surface area contributed by atoms with Crippen molar-refractivity contribution in [1.29, 1.82) is 0 Å². The van der Waals surface area contributed by atoms with Gasteiger partial charge in [0.15, 0.2) is 0 Å². The lowest BCUT2D eigenvalue weighted by molar-refractivity contribution is -0.121. The Balaban J connectivity index is 2.31. The van der Waals surface area contributed by atoms with E-state index in [1.807, 2.05) is 0 Å². The van der Waals surface area contributed by atoms with Crippen LogP contribution in [0.15, 0.2) is 53.4 Å². The number of carbonyl (C=O) groups is 1. The molecule has 0 spiro atoms. The first-order valence-electron chi connectivity index (χ1n) is 7.06. The lowest BCUT2D eigenvalue weighted by Crippen LogP contribution is -2.32. The monoisotopic (exact) mass is 370 g/mol. The molecule has 1 atom stereocenters. The summed E-state index contributed by atoms with van der Waals surface area (Å²) >= 11 is 5.76. The molecule has 0 fully saturated rings. The van der Waals surface area contributed by atoms with Crippen LogP contribution in [0, 0.1) is 5.82 Å². The van der Waals surface area contributed by atoms with E-state index < -0.39 is 21.9 Å². The third-order valence-electron chi connectivity index (χ3n) is 3.36. The Kier molecular flexibility index (Phi) is 5.93. The molecule has 0 bridgehead atoms. The van der Waals surface area contributed by atoms with E-state index in [9.17, 15) is 17.6 Å². The molecule has 0 heterocycles. The normalized spacial score (nSPS) is 12.6. The molecule has 2 rings (SSSR count). The maximum absolute atomic E-state index is 13.1. The van der Waals surface area contributed by atoms with Crippen molar-refractivity contribution < 1.29 is 17.6 Å². The molecule has 5 nitrogen and oxygen atoms in total. The highest BCUT2D eigenvalue weighted by molar-refractivity contribution is 7.89. The van der Waals surface area contributed by atoms with Crippen LogP contribution in [0.3, 0.4) is 0 Å². The van der Waals surface area contributed by atoms with Crippen molar-refractivity contribution in [3.05, 3.63) is 64.9 Å². The summed E-state index contributed by atoms with van der Waals surface area (Å²) < 4.78 is 40.6. The first kappa shape index (κ1) is 18.4. The van der Waals surface area contributed by atoms with Gasteiger partial charge in [-0.1, -0.05) is 23.7 Å². The van der Waals surface area contributed by atoms with E-state index in [0.717, 1.165) is 0 Å². The number of amides is 1. The van der Waals surface area contributed by atoms with Crippen LogP contribution in [0.4, 0.5) is 4.39 Å². The minimum Gasteiger partial charge on any atom is -0.359 e. The van der Waals surface area contributed by atoms with Gasteiger partial charge in [-0.15, -0.1) is 0 Å². The van der Waals surface area contributed by atoms with E-state index >= 15 is 0 Å². The van der Waals surface area contributed by atoms with Crippen LogP contribution >= 0.6 is 11.6 Å². The van der Waals surface area contributed by atoms with Gasteiger partial charge < -0.3 is 5.32 Å². The molecule has 0 aliphatic carbocycles. The minimum absolute atomic E-state index is 0.0240. The van der Waals surface area contributed by atoms with Gasteiger partial charge in [-0.2, -0.15) is 0 Å². The summed E-state index contributed by atoms with van der Waals surface area (Å²) in [6.07, 6.45) is -0.116. The standard InChI is InChI=1S/C16H16ClFN2O3S/c1-19-16(21)10-15(11-2-6-13(18)7-3-11)20-24(22,23)14-8-4-12(17)5-9-14/h2-9,15,20H,10H2,1H3,(H,19,21)/t15-/m0/s1. The fraction of sp³-hybridized carbons (Fsp3) is 0.188. The third-order valence-corrected chi connectivity index (χ3v) is 5.10. The summed E-state index contributed by atoms with van der Waals surface area (Å²) in [6, 6.07) is 10.1. The maximum Gasteiger partial charge on any atom is 0.241 e. The van der Waals surface area contributed by atoms with E-state index in [-0.39, 0.29) is 17.2 Å². The Morgan fingerprint density at radius 1 is 1.12 bits per heavy atom. The van der Waals surface area contributed by atoms with Gasteiger partial charge in [0, 0.05) is 18.5 Å². The summed E-state index contributed by atoms with van der Waals surface area (Å²) in [5.74, 6) is -0.791. The molecule has 0 radical (unpaired) electrons. The van der Waals surface area contributed by atoms with Gasteiger partial charge >= 0.3 is 0 Å². The molecular weight excluding hydrogens is 355 g/mol. The summed E-state index contributed by atoms with van der Waals surface area (Å²) in [4.78, 5) is 11.7. The van der Waals surface area contributed by atoms with Crippen LogP contribution in [0.2, 0.25) is 5.02 Å². The van der Waals surface area contributed by atoms with Gasteiger partial charge in [0.25, 0.3) is 0 Å². The molecule has 2 N–H and O–H groups in total. The molecule has 0 saturated carbocycles. The zero-order valence-electron chi connectivity index (χ0n) is 12.8. The predicted octanol–water partition coefficient (Wildman–Crippen LogP) is 2.63. The summed E-state index contributed by atoms with van der Waals surface area (Å²) in [5, 5.41) is 2.86. The molecule has 24 heavy (non-hydrogen) atoms. The molecule has 2 aromatic rings. The minimum atomic E-state index is -3.87. The third kappa shape index (κ3) is 4.77. The average Bonchev–Trinajstić information content (AvgIpc) is 2.55. The largest absolute Gasteiger partial charge is 0.359 e. The Morgan fingerprint density at radius 2 is 1.71 bits per heavy atom. The van der Waals surface area contributed by atoms with Crippen molar-refractivity contribution in [2.24, 2.45) is 0 Å². The average molecular weight is 371 g/mol. The summed E-state index contributed by atoms with van der Waals surface area (Å²) in [5.41, 5.74) is 0.484. The molecule has 8 heteroatoms. The Hall–Kier alpha value is -1.96. The fourth-order valence-electron chi connectivity index (χ4n) is 2.08. The van der Waals surface area contributed by atoms with Crippen LogP contribution in [0.1, 0.15) is 18.0 Å². The molecule has 128 valence electrons. The van der Waals surface area contributed by atoms with Crippen LogP contribution < -0.4 is 10.0 Å². The van der Waals surface area contributed by atoms with Crippen molar-refractivity contribution in [3.63, 3.8) is 0 Å². The Morgan fingerprint density at radius 3 is 2.25 bits per heavy atom. The molecule has 2 aromatic carbocycles. The second-order valence-electron chi connectivity index (χ2n) is 5.06. The first-order valence-corrected chi connectivity index (χ1v) is 8.92. The van der Waals surface area contributed by atoms with Crippen LogP contribution in [-0.4, -0.2) is 21.4 Å². The number of halogens is 2. The molecule has 0 unspecified atom stereocenters. The van der Waals surface area contributed by atoms with E-state index in [2.05, 4.69) is 10.0 Å². The molecule has 1 amide bonds. The SMILES string of the molecule is CNC(=O)C[C@H](NS(=O)(=O)c1ccc(Cl)cc1)c1ccc(F)cc1. The second-order valence-corrected chi connectivity index (χ2v) is 7.21. The van der Waals surface area contributed by atoms with Gasteiger partial charge in [-0.05, 0) is 42.0 Å². The summed E-state index contributed by atoms with van der Waals surface area (Å²) in [6.45, 7) is 0. The molecule has 0 aromatic heterocycles. The maximum atomic E-state index is 13.1. The number of carbonyl (C=O) groups excluding carboxylic acids is 1. The topological polar surface area (TPSA) is 75.3 Å². The Labute approximate surface area is 144 Å². The van der Waals surface area contributed by atoms with Crippen molar-refractivity contribution in [2.75, 3.05) is 7.05 Å². The lowest BCUT2D eigenvalue weighted by Gasteiger charge is -2.18. The van der Waals surface area contributed by atoms with E-state index in [1.165, 1.54) is 55.6 Å². The van der Waals surface area contributed by atoms with Crippen molar-refractivity contribution in [2.45, 2.75) is 17.4 Å². The Bertz CT molecular complexity index is 808. The first-order chi connectivity index (χ1) is 11.3. The number of benzene rings is 2. The van der Waals surface area contributed by atoms with E-state index in [4.69, 9.17) is 11.6 Å². The smallest absolute Gasteiger partial charge is 0.241 e. The number of rotatable bonds is 6. The molecular formula is C16H16ClFN2O3S. The van der Waals surface area contributed by atoms with Crippen LogP contribution in [0.5, 0.6) is 0 Å². The van der Waals surface area contributed by atoms with Crippen molar-refractivity contribution >= 4 is 27.5 Å². The van der Waals surface area contributed by atoms with E-state index in [1.54, 1.807) is 0 Å². The highest BCUT2D eigenvalue weighted by atomic mass is 35.5. The van der Waals surface area contributed by atoms with Gasteiger partial charge in [0.1, 0.15) is 5.82 Å². The lowest BCUT2D eigenvalue weighted by atomic mass is 10.0. The highest BCUT2D eigenvalue weighted by Gasteiger charge is 2.23. The number of hydrogen-bond acceptors (Lipinski definition) is 3. The van der Waals surface area contributed by atoms with Gasteiger partial charge in [0.05, 0.1) is 10.9 Å². The quantitative estimate of drug-likeness (QED) is 0.820. The molecule has 0 saturated heterocycles. The van der Waals surface area contributed by atoms with E-state index in [0.29, 0.717) is 10.6 Å². The van der Waals surface area contributed by atoms with Gasteiger partial charge in [0.2, 0.25) is 15.9 Å². The van der Waals surface area contributed by atoms with Gasteiger partial charge in [-0.25, -0.2) is 17.5 Å². The second kappa shape index (κ2) is 7.74. The van der Waals surface area contributed by atoms with Gasteiger partial charge in [-0.3, -0.25) is 4.79 Å². The molecule has 0 aliphatic rings. The van der Waals surface area contributed by atoms with Crippen LogP contribution in [0.25, 0.3) is 0 Å². The number of sulfonamides is 1. The highest BCUT2D eigenvalue weighted by Crippen LogP contribution is 2.22. The number of nitrogens with one attached hydrogen (secondary N) is 2. The zero-order valence-corrected chi connectivity index (χ0v) is 14.4. The fourth-order valence-corrected chi connectivity index (χ4v) is 3.43. The molecule has 0 aliphatic heterocycles. The van der Waals surface area contributed by atoms with Crippen molar-refractivity contribution in [3.8, 4) is 0 Å². The predicted molar refractivity (Wildman–Crippen MR) is 89.6 cm³/mol. The number of hydrogen-bond donors (Lipinski definition) is 2. The summed E-state index contributed by atoms with van der Waals surface area (Å²) in [7, 11) is -2.41. The van der Waals surface area contributed by atoms with Crippen LogP contribution in [-0.2, 0) is 14.8 Å². The zero-order chi connectivity index (χ0) is 17.7. The van der Waals surface area contributed by atoms with Crippen molar-refractivity contribution in [1.82, 2.24) is 10.0 Å².